The third-order valence-electron chi connectivity index (χ3n) is 2.66. The van der Waals surface area contributed by atoms with E-state index >= 15 is 0 Å². The third kappa shape index (κ3) is 3.75. The molecule has 94 valence electrons. The van der Waals surface area contributed by atoms with Crippen LogP contribution in [0.25, 0.3) is 0 Å². The molecule has 17 heavy (non-hydrogen) atoms. The molecule has 1 aromatic rings. The number of aliphatic hydroxyl groups is 1. The van der Waals surface area contributed by atoms with Crippen LogP contribution >= 0.6 is 0 Å². The summed E-state index contributed by atoms with van der Waals surface area (Å²) in [7, 11) is 0. The van der Waals surface area contributed by atoms with Crippen molar-refractivity contribution in [1.82, 2.24) is 0 Å². The summed E-state index contributed by atoms with van der Waals surface area (Å²) in [6.07, 6.45) is -0.493. The van der Waals surface area contributed by atoms with Crippen LogP contribution in [0, 0.1) is 12.8 Å². The Balaban J connectivity index is 2.70. The topological polar surface area (TPSA) is 72.6 Å². The van der Waals surface area contributed by atoms with Crippen molar-refractivity contribution in [2.75, 3.05) is 6.61 Å². The fourth-order valence-electron chi connectivity index (χ4n) is 1.39. The lowest BCUT2D eigenvalue weighted by molar-refractivity contribution is -0.122. The fraction of sp³-hybridized carbons (Fsp3) is 0.462. The second kappa shape index (κ2) is 5.68. The summed E-state index contributed by atoms with van der Waals surface area (Å²) in [4.78, 5) is 10.9. The fourth-order valence-corrected chi connectivity index (χ4v) is 1.39. The number of carbonyl (C=O) groups excluding carboxylic acids is 1. The number of primary amides is 1. The van der Waals surface area contributed by atoms with Gasteiger partial charge in [0.1, 0.15) is 5.75 Å². The summed E-state index contributed by atoms with van der Waals surface area (Å²) >= 11 is 0. The zero-order valence-corrected chi connectivity index (χ0v) is 10.4. The van der Waals surface area contributed by atoms with Crippen molar-refractivity contribution in [3.63, 3.8) is 0 Å². The lowest BCUT2D eigenvalue weighted by atomic mass is 10.1. The van der Waals surface area contributed by atoms with Crippen LogP contribution in [0.5, 0.6) is 5.75 Å². The summed E-state index contributed by atoms with van der Waals surface area (Å²) in [5, 5.41) is 9.43. The van der Waals surface area contributed by atoms with Crippen molar-refractivity contribution in [1.29, 1.82) is 0 Å². The third-order valence-corrected chi connectivity index (χ3v) is 2.66. The van der Waals surface area contributed by atoms with E-state index in [1.165, 1.54) is 0 Å². The van der Waals surface area contributed by atoms with Gasteiger partial charge < -0.3 is 15.6 Å². The molecule has 0 aliphatic heterocycles. The van der Waals surface area contributed by atoms with Gasteiger partial charge in [-0.3, -0.25) is 4.79 Å². The molecule has 2 atom stereocenters. The minimum Gasteiger partial charge on any atom is -0.493 e. The Kier molecular flexibility index (Phi) is 4.52. The Hall–Kier alpha value is -1.55. The largest absolute Gasteiger partial charge is 0.493 e. The molecule has 1 rings (SSSR count). The minimum atomic E-state index is -0.493. The van der Waals surface area contributed by atoms with Gasteiger partial charge in [0.05, 0.1) is 18.6 Å². The number of rotatable bonds is 5. The normalized spacial score (nSPS) is 14.1. The molecule has 0 radical (unpaired) electrons. The van der Waals surface area contributed by atoms with Crippen LogP contribution in [0.3, 0.4) is 0 Å². The van der Waals surface area contributed by atoms with Gasteiger partial charge in [0.15, 0.2) is 0 Å². The number of carbonyl (C=O) groups is 1. The van der Waals surface area contributed by atoms with Gasteiger partial charge in [-0.05, 0) is 37.1 Å². The van der Waals surface area contributed by atoms with Gasteiger partial charge >= 0.3 is 0 Å². The average Bonchev–Trinajstić information content (AvgIpc) is 2.26. The lowest BCUT2D eigenvalue weighted by Crippen LogP contribution is -2.25. The summed E-state index contributed by atoms with van der Waals surface area (Å²) < 4.78 is 5.51. The Morgan fingerprint density at radius 1 is 1.47 bits per heavy atom. The number of aliphatic hydroxyl groups excluding tert-OH is 1. The van der Waals surface area contributed by atoms with Gasteiger partial charge in [0.25, 0.3) is 0 Å². The van der Waals surface area contributed by atoms with Crippen LogP contribution in [-0.2, 0) is 4.79 Å². The van der Waals surface area contributed by atoms with Gasteiger partial charge in [-0.15, -0.1) is 0 Å². The van der Waals surface area contributed by atoms with Gasteiger partial charge in [0, 0.05) is 0 Å². The smallest absolute Gasteiger partial charge is 0.223 e. The maximum absolute atomic E-state index is 10.9. The second-order valence-corrected chi connectivity index (χ2v) is 4.32. The highest BCUT2D eigenvalue weighted by molar-refractivity contribution is 5.76. The van der Waals surface area contributed by atoms with E-state index in [-0.39, 0.29) is 18.4 Å². The van der Waals surface area contributed by atoms with E-state index in [0.29, 0.717) is 5.75 Å². The quantitative estimate of drug-likeness (QED) is 0.816. The number of ether oxygens (including phenoxy) is 1. The highest BCUT2D eigenvalue weighted by Gasteiger charge is 2.11. The maximum Gasteiger partial charge on any atom is 0.223 e. The van der Waals surface area contributed by atoms with Gasteiger partial charge in [-0.25, -0.2) is 0 Å². The van der Waals surface area contributed by atoms with Crippen molar-refractivity contribution in [3.05, 3.63) is 29.3 Å². The van der Waals surface area contributed by atoms with Gasteiger partial charge in [-0.2, -0.15) is 0 Å². The Morgan fingerprint density at radius 2 is 2.12 bits per heavy atom. The molecule has 0 fully saturated rings. The summed E-state index contributed by atoms with van der Waals surface area (Å²) in [6.45, 7) is 5.60. The number of hydrogen-bond donors (Lipinski definition) is 2. The van der Waals surface area contributed by atoms with Crippen LogP contribution in [0.2, 0.25) is 0 Å². The van der Waals surface area contributed by atoms with E-state index in [0.717, 1.165) is 11.1 Å². The van der Waals surface area contributed by atoms with E-state index in [1.807, 2.05) is 19.1 Å². The number of amides is 1. The predicted molar refractivity (Wildman–Crippen MR) is 65.7 cm³/mol. The first kappa shape index (κ1) is 13.5. The van der Waals surface area contributed by atoms with Crippen molar-refractivity contribution < 1.29 is 14.6 Å². The Labute approximate surface area is 101 Å². The monoisotopic (exact) mass is 237 g/mol. The predicted octanol–water partition coefficient (Wildman–Crippen LogP) is 1.55. The van der Waals surface area contributed by atoms with Crippen LogP contribution in [-0.4, -0.2) is 17.6 Å². The number of benzene rings is 1. The molecule has 0 aliphatic rings. The van der Waals surface area contributed by atoms with E-state index in [4.69, 9.17) is 10.5 Å². The van der Waals surface area contributed by atoms with E-state index in [1.54, 1.807) is 19.9 Å². The maximum atomic E-state index is 10.9. The van der Waals surface area contributed by atoms with Crippen molar-refractivity contribution in [3.8, 4) is 5.75 Å². The molecule has 0 bridgehead atoms. The SMILES string of the molecule is Cc1cc([C@H](C)O)ccc1OCC(C)C(N)=O. The van der Waals surface area contributed by atoms with Crippen LogP contribution in [0.1, 0.15) is 31.1 Å². The molecule has 1 amide bonds. The van der Waals surface area contributed by atoms with E-state index in [2.05, 4.69) is 0 Å². The molecule has 0 saturated carbocycles. The lowest BCUT2D eigenvalue weighted by Gasteiger charge is -2.13. The first-order chi connectivity index (χ1) is 7.91. The first-order valence-corrected chi connectivity index (χ1v) is 5.62. The molecule has 0 spiro atoms. The molecule has 0 saturated heterocycles. The molecular weight excluding hydrogens is 218 g/mol. The molecule has 4 heteroatoms. The zero-order valence-electron chi connectivity index (χ0n) is 10.4. The average molecular weight is 237 g/mol. The highest BCUT2D eigenvalue weighted by atomic mass is 16.5. The van der Waals surface area contributed by atoms with Crippen LogP contribution in [0.4, 0.5) is 0 Å². The number of nitrogens with two attached hydrogens (primary N) is 1. The standard InChI is InChI=1S/C13H19NO3/c1-8-6-11(10(3)15)4-5-12(8)17-7-9(2)13(14)16/h4-6,9-10,15H,7H2,1-3H3,(H2,14,16)/t9?,10-/m0/s1. The zero-order chi connectivity index (χ0) is 13.0. The highest BCUT2D eigenvalue weighted by Crippen LogP contribution is 2.23. The van der Waals surface area contributed by atoms with Crippen LogP contribution in [0.15, 0.2) is 18.2 Å². The molecule has 3 N–H and O–H groups in total. The molecule has 4 nitrogen and oxygen atoms in total. The van der Waals surface area contributed by atoms with Gasteiger partial charge in [-0.1, -0.05) is 13.0 Å². The Morgan fingerprint density at radius 3 is 2.59 bits per heavy atom. The van der Waals surface area contributed by atoms with E-state index in [9.17, 15) is 9.90 Å². The first-order valence-electron chi connectivity index (χ1n) is 5.62. The van der Waals surface area contributed by atoms with E-state index < -0.39 is 6.10 Å². The minimum absolute atomic E-state index is 0.268. The molecule has 0 aliphatic carbocycles. The summed E-state index contributed by atoms with van der Waals surface area (Å²) in [5.74, 6) is 0.0246. The van der Waals surface area contributed by atoms with Crippen molar-refractivity contribution >= 4 is 5.91 Å². The molecular formula is C13H19NO3. The number of hydrogen-bond acceptors (Lipinski definition) is 3. The number of aryl methyl sites for hydroxylation is 1. The summed E-state index contributed by atoms with van der Waals surface area (Å²) in [5.41, 5.74) is 6.93. The second-order valence-electron chi connectivity index (χ2n) is 4.32. The molecule has 0 aromatic heterocycles. The molecule has 1 unspecified atom stereocenters. The summed E-state index contributed by atoms with van der Waals surface area (Å²) in [6, 6.07) is 5.47. The molecule has 1 aromatic carbocycles. The molecule has 0 heterocycles. The van der Waals surface area contributed by atoms with Crippen molar-refractivity contribution in [2.45, 2.75) is 26.9 Å². The van der Waals surface area contributed by atoms with Crippen LogP contribution < -0.4 is 10.5 Å². The van der Waals surface area contributed by atoms with Crippen molar-refractivity contribution in [2.24, 2.45) is 11.7 Å². The van der Waals surface area contributed by atoms with Gasteiger partial charge in [0.2, 0.25) is 5.91 Å². The Bertz CT molecular complexity index is 402.